The highest BCUT2D eigenvalue weighted by molar-refractivity contribution is 7.99. The smallest absolute Gasteiger partial charge is 0.288 e. The molecular weight excluding hydrogens is 294 g/mol. The monoisotopic (exact) mass is 310 g/mol. The SMILES string of the molecule is CC(C)(CN)NC(=O)c1ccc(SC(F)F)cc1.Cl. The number of nitrogens with two attached hydrogens (primary N) is 1. The Morgan fingerprint density at radius 2 is 1.89 bits per heavy atom. The van der Waals surface area contributed by atoms with Gasteiger partial charge in [-0.2, -0.15) is 8.78 Å². The number of thioether (sulfide) groups is 1. The fourth-order valence-corrected chi connectivity index (χ4v) is 1.72. The summed E-state index contributed by atoms with van der Waals surface area (Å²) in [6.45, 7) is 3.94. The van der Waals surface area contributed by atoms with Crippen molar-refractivity contribution < 1.29 is 13.6 Å². The molecule has 1 aromatic carbocycles. The normalized spacial score (nSPS) is 11.1. The van der Waals surface area contributed by atoms with Crippen LogP contribution in [0, 0.1) is 0 Å². The number of carbonyl (C=O) groups excluding carboxylic acids is 1. The topological polar surface area (TPSA) is 55.1 Å². The lowest BCUT2D eigenvalue weighted by Crippen LogP contribution is -2.48. The number of rotatable bonds is 5. The van der Waals surface area contributed by atoms with Crippen molar-refractivity contribution >= 4 is 30.1 Å². The molecule has 19 heavy (non-hydrogen) atoms. The van der Waals surface area contributed by atoms with Gasteiger partial charge < -0.3 is 11.1 Å². The number of halogens is 3. The van der Waals surface area contributed by atoms with E-state index >= 15 is 0 Å². The van der Waals surface area contributed by atoms with Gasteiger partial charge in [-0.1, -0.05) is 11.8 Å². The number of amides is 1. The van der Waals surface area contributed by atoms with Crippen molar-refractivity contribution in [1.29, 1.82) is 0 Å². The third-order valence-corrected chi connectivity index (χ3v) is 3.03. The van der Waals surface area contributed by atoms with E-state index in [4.69, 9.17) is 5.73 Å². The second kappa shape index (κ2) is 7.67. The van der Waals surface area contributed by atoms with Gasteiger partial charge in [0.2, 0.25) is 0 Å². The van der Waals surface area contributed by atoms with Crippen molar-refractivity contribution in [1.82, 2.24) is 5.32 Å². The molecule has 0 aliphatic carbocycles. The Hall–Kier alpha value is -0.850. The van der Waals surface area contributed by atoms with Crippen molar-refractivity contribution in [2.75, 3.05) is 6.54 Å². The van der Waals surface area contributed by atoms with E-state index in [1.807, 2.05) is 13.8 Å². The summed E-state index contributed by atoms with van der Waals surface area (Å²) in [6, 6.07) is 6.04. The van der Waals surface area contributed by atoms with Gasteiger partial charge in [-0.05, 0) is 38.1 Å². The van der Waals surface area contributed by atoms with E-state index in [9.17, 15) is 13.6 Å². The molecule has 0 heterocycles. The van der Waals surface area contributed by atoms with Gasteiger partial charge in [0.1, 0.15) is 0 Å². The molecule has 0 saturated carbocycles. The van der Waals surface area contributed by atoms with Gasteiger partial charge in [-0.3, -0.25) is 4.79 Å². The van der Waals surface area contributed by atoms with E-state index in [1.54, 1.807) is 0 Å². The van der Waals surface area contributed by atoms with Gasteiger partial charge in [0.25, 0.3) is 11.7 Å². The molecule has 0 aliphatic heterocycles. The van der Waals surface area contributed by atoms with E-state index in [1.165, 1.54) is 24.3 Å². The van der Waals surface area contributed by atoms with Crippen molar-refractivity contribution in [3.05, 3.63) is 29.8 Å². The maximum absolute atomic E-state index is 12.1. The highest BCUT2D eigenvalue weighted by Crippen LogP contribution is 2.25. The molecule has 3 N–H and O–H groups in total. The first kappa shape index (κ1) is 18.1. The molecule has 0 bridgehead atoms. The zero-order chi connectivity index (χ0) is 13.8. The average Bonchev–Trinajstić information content (AvgIpc) is 2.28. The summed E-state index contributed by atoms with van der Waals surface area (Å²) in [5, 5.41) is 2.76. The summed E-state index contributed by atoms with van der Waals surface area (Å²) < 4.78 is 24.2. The van der Waals surface area contributed by atoms with Crippen LogP contribution in [0.2, 0.25) is 0 Å². The predicted octanol–water partition coefficient (Wildman–Crippen LogP) is 2.89. The summed E-state index contributed by atoms with van der Waals surface area (Å²) in [5.41, 5.74) is 5.44. The van der Waals surface area contributed by atoms with Crippen LogP contribution in [0.15, 0.2) is 29.2 Å². The molecule has 3 nitrogen and oxygen atoms in total. The van der Waals surface area contributed by atoms with E-state index in [0.717, 1.165) is 0 Å². The zero-order valence-electron chi connectivity index (χ0n) is 10.7. The summed E-state index contributed by atoms with van der Waals surface area (Å²) in [6.07, 6.45) is 0. The van der Waals surface area contributed by atoms with Crippen molar-refractivity contribution in [2.45, 2.75) is 30.0 Å². The van der Waals surface area contributed by atoms with E-state index in [2.05, 4.69) is 5.32 Å². The first-order valence-electron chi connectivity index (χ1n) is 5.41. The number of benzene rings is 1. The lowest BCUT2D eigenvalue weighted by Gasteiger charge is -2.24. The standard InChI is InChI=1S/C12H16F2N2OS.ClH/c1-12(2,7-15)16-10(17)8-3-5-9(6-4-8)18-11(13)14;/h3-6,11H,7,15H2,1-2H3,(H,16,17);1H. The average molecular weight is 311 g/mol. The number of alkyl halides is 2. The van der Waals surface area contributed by atoms with Crippen molar-refractivity contribution in [2.24, 2.45) is 5.73 Å². The van der Waals surface area contributed by atoms with Gasteiger partial charge in [0, 0.05) is 22.5 Å². The molecule has 0 atom stereocenters. The highest BCUT2D eigenvalue weighted by Gasteiger charge is 2.19. The second-order valence-corrected chi connectivity index (χ2v) is 5.51. The Labute approximate surface area is 121 Å². The summed E-state index contributed by atoms with van der Waals surface area (Å²) in [7, 11) is 0. The van der Waals surface area contributed by atoms with E-state index < -0.39 is 11.3 Å². The van der Waals surface area contributed by atoms with Crippen LogP contribution in [-0.4, -0.2) is 23.7 Å². The molecule has 7 heteroatoms. The Balaban J connectivity index is 0.00000324. The quantitative estimate of drug-likeness (QED) is 0.822. The molecule has 1 rings (SSSR count). The summed E-state index contributed by atoms with van der Waals surface area (Å²) in [5.74, 6) is -2.72. The van der Waals surface area contributed by atoms with E-state index in [-0.39, 0.29) is 18.3 Å². The van der Waals surface area contributed by atoms with Crippen molar-refractivity contribution in [3.63, 3.8) is 0 Å². The molecule has 0 aliphatic rings. The largest absolute Gasteiger partial charge is 0.346 e. The Morgan fingerprint density at radius 1 is 1.37 bits per heavy atom. The van der Waals surface area contributed by atoms with E-state index in [0.29, 0.717) is 28.8 Å². The molecule has 108 valence electrons. The molecule has 0 fully saturated rings. The number of carbonyl (C=O) groups is 1. The summed E-state index contributed by atoms with van der Waals surface area (Å²) in [4.78, 5) is 12.3. The molecule has 0 spiro atoms. The lowest BCUT2D eigenvalue weighted by atomic mass is 10.1. The molecular formula is C12H17ClF2N2OS. The maximum atomic E-state index is 12.1. The Kier molecular flexibility index (Phi) is 7.33. The van der Waals surface area contributed by atoms with Crippen LogP contribution in [0.5, 0.6) is 0 Å². The molecule has 1 amide bonds. The summed E-state index contributed by atoms with van der Waals surface area (Å²) >= 11 is 0.451. The maximum Gasteiger partial charge on any atom is 0.288 e. The molecule has 0 saturated heterocycles. The number of hydrogen-bond acceptors (Lipinski definition) is 3. The second-order valence-electron chi connectivity index (χ2n) is 4.45. The van der Waals surface area contributed by atoms with Gasteiger partial charge in [0.05, 0.1) is 0 Å². The van der Waals surface area contributed by atoms with Gasteiger partial charge in [-0.15, -0.1) is 12.4 Å². The number of nitrogens with one attached hydrogen (secondary N) is 1. The van der Waals surface area contributed by atoms with Crippen LogP contribution in [0.25, 0.3) is 0 Å². The van der Waals surface area contributed by atoms with Crippen LogP contribution in [-0.2, 0) is 0 Å². The first-order chi connectivity index (χ1) is 8.34. The highest BCUT2D eigenvalue weighted by atomic mass is 35.5. The minimum absolute atomic E-state index is 0. The Morgan fingerprint density at radius 3 is 2.32 bits per heavy atom. The van der Waals surface area contributed by atoms with Crippen LogP contribution >= 0.6 is 24.2 Å². The fourth-order valence-electron chi connectivity index (χ4n) is 1.22. The molecule has 0 aromatic heterocycles. The molecule has 0 unspecified atom stereocenters. The fraction of sp³-hybridized carbons (Fsp3) is 0.417. The van der Waals surface area contributed by atoms with Crippen molar-refractivity contribution in [3.8, 4) is 0 Å². The molecule has 1 aromatic rings. The molecule has 0 radical (unpaired) electrons. The Bertz CT molecular complexity index is 413. The van der Waals surface area contributed by atoms with Crippen LogP contribution in [0.1, 0.15) is 24.2 Å². The predicted molar refractivity (Wildman–Crippen MR) is 76.2 cm³/mol. The van der Waals surface area contributed by atoms with Gasteiger partial charge >= 0.3 is 0 Å². The third-order valence-electron chi connectivity index (χ3n) is 2.30. The van der Waals surface area contributed by atoms with Gasteiger partial charge in [-0.25, -0.2) is 0 Å². The minimum atomic E-state index is -2.46. The first-order valence-corrected chi connectivity index (χ1v) is 6.29. The lowest BCUT2D eigenvalue weighted by molar-refractivity contribution is 0.0915. The number of hydrogen-bond donors (Lipinski definition) is 2. The minimum Gasteiger partial charge on any atom is -0.346 e. The van der Waals surface area contributed by atoms with Crippen LogP contribution in [0.3, 0.4) is 0 Å². The van der Waals surface area contributed by atoms with Gasteiger partial charge in [0.15, 0.2) is 0 Å². The zero-order valence-corrected chi connectivity index (χ0v) is 12.3. The van der Waals surface area contributed by atoms with Crippen LogP contribution < -0.4 is 11.1 Å². The van der Waals surface area contributed by atoms with Crippen LogP contribution in [0.4, 0.5) is 8.78 Å². The third kappa shape index (κ3) is 6.22.